The second-order valence-electron chi connectivity index (χ2n) is 6.03. The highest BCUT2D eigenvalue weighted by Crippen LogP contribution is 2.31. The highest BCUT2D eigenvalue weighted by molar-refractivity contribution is 6.59. The lowest BCUT2D eigenvalue weighted by molar-refractivity contribution is -0.136. The SMILES string of the molecule is [B]c1c([B])c(-c2[nH]c3c(F)cc(F)cc3c2CCC(=O)O)c([B])c([B])c1F. The molecule has 0 aliphatic rings. The number of aryl methyl sites for hydroxylation is 1. The molecule has 10 heteroatoms. The predicted molar refractivity (Wildman–Crippen MR) is 101 cm³/mol. The molecule has 3 aromatic rings. The van der Waals surface area contributed by atoms with Gasteiger partial charge >= 0.3 is 5.97 Å². The zero-order valence-electron chi connectivity index (χ0n) is 13.9. The normalized spacial score (nSPS) is 11.2. The summed E-state index contributed by atoms with van der Waals surface area (Å²) in [6.45, 7) is 0. The Kier molecular flexibility index (Phi) is 4.93. The lowest BCUT2D eigenvalue weighted by Gasteiger charge is -2.19. The van der Waals surface area contributed by atoms with Gasteiger partial charge in [-0.1, -0.05) is 21.9 Å². The smallest absolute Gasteiger partial charge is 0.303 e. The van der Waals surface area contributed by atoms with E-state index in [0.29, 0.717) is 6.07 Å². The molecule has 1 heterocycles. The molecule has 0 spiro atoms. The number of nitrogens with one attached hydrogen (secondary N) is 1. The minimum absolute atomic E-state index is 0.00259. The summed E-state index contributed by atoms with van der Waals surface area (Å²) in [6, 6.07) is 1.72. The van der Waals surface area contributed by atoms with E-state index < -0.39 is 34.3 Å². The van der Waals surface area contributed by atoms with Crippen LogP contribution < -0.4 is 21.9 Å². The number of benzene rings is 2. The number of rotatable bonds is 4. The standard InChI is InChI=1S/C17H8B4F3NO2/c18-11-10(12(19)14(21)15(24)13(11)20)17-6(1-2-9(26)27)7-3-5(22)4-8(23)16(7)25-17/h3-4,25H,1-2H2,(H,26,27). The largest absolute Gasteiger partial charge is 0.481 e. The van der Waals surface area contributed by atoms with Crippen molar-refractivity contribution in [2.75, 3.05) is 0 Å². The van der Waals surface area contributed by atoms with E-state index in [0.717, 1.165) is 6.07 Å². The van der Waals surface area contributed by atoms with Gasteiger partial charge in [-0.15, -0.1) is 0 Å². The fraction of sp³-hybridized carbons (Fsp3) is 0.118. The summed E-state index contributed by atoms with van der Waals surface area (Å²) in [7, 11) is 23.1. The van der Waals surface area contributed by atoms with Crippen LogP contribution in [0.4, 0.5) is 13.2 Å². The van der Waals surface area contributed by atoms with Gasteiger partial charge in [0.05, 0.1) is 5.52 Å². The van der Waals surface area contributed by atoms with E-state index in [2.05, 4.69) is 4.98 Å². The molecule has 3 rings (SSSR count). The molecule has 0 saturated heterocycles. The Morgan fingerprint density at radius 2 is 1.59 bits per heavy atom. The van der Waals surface area contributed by atoms with Crippen LogP contribution in [0.25, 0.3) is 22.2 Å². The van der Waals surface area contributed by atoms with Gasteiger partial charge in [0.25, 0.3) is 0 Å². The van der Waals surface area contributed by atoms with E-state index in [9.17, 15) is 18.0 Å². The average Bonchev–Trinajstić information content (AvgIpc) is 2.95. The number of aromatic amines is 1. The average molecular weight is 358 g/mol. The molecule has 126 valence electrons. The van der Waals surface area contributed by atoms with Crippen molar-refractivity contribution in [1.82, 2.24) is 4.98 Å². The topological polar surface area (TPSA) is 53.1 Å². The van der Waals surface area contributed by atoms with Crippen LogP contribution in [0, 0.1) is 17.5 Å². The van der Waals surface area contributed by atoms with Gasteiger partial charge in [0, 0.05) is 23.6 Å². The lowest BCUT2D eigenvalue weighted by atomic mass is 9.66. The van der Waals surface area contributed by atoms with Crippen LogP contribution in [0.15, 0.2) is 12.1 Å². The van der Waals surface area contributed by atoms with E-state index in [1.807, 2.05) is 0 Å². The molecular formula is C17H8B4F3NO2. The van der Waals surface area contributed by atoms with Gasteiger partial charge in [-0.2, -0.15) is 0 Å². The molecule has 0 fully saturated rings. The third-order valence-electron chi connectivity index (χ3n) is 4.36. The van der Waals surface area contributed by atoms with Gasteiger partial charge in [-0.3, -0.25) is 4.79 Å². The van der Waals surface area contributed by atoms with Crippen molar-refractivity contribution in [3.63, 3.8) is 0 Å². The fourth-order valence-electron chi connectivity index (χ4n) is 3.04. The second kappa shape index (κ2) is 6.91. The van der Waals surface area contributed by atoms with Crippen molar-refractivity contribution < 1.29 is 23.1 Å². The Morgan fingerprint density at radius 3 is 2.15 bits per heavy atom. The van der Waals surface area contributed by atoms with E-state index >= 15 is 0 Å². The molecule has 0 unspecified atom stereocenters. The molecule has 0 aliphatic carbocycles. The number of hydrogen-bond acceptors (Lipinski definition) is 1. The molecule has 0 aliphatic heterocycles. The maximum Gasteiger partial charge on any atom is 0.303 e. The van der Waals surface area contributed by atoms with Gasteiger partial charge in [-0.25, -0.2) is 13.2 Å². The van der Waals surface area contributed by atoms with Crippen LogP contribution in [0.5, 0.6) is 0 Å². The summed E-state index contributed by atoms with van der Waals surface area (Å²) >= 11 is 0. The maximum absolute atomic E-state index is 14.2. The summed E-state index contributed by atoms with van der Waals surface area (Å²) in [5.74, 6) is -3.85. The summed E-state index contributed by atoms with van der Waals surface area (Å²) < 4.78 is 42.0. The van der Waals surface area contributed by atoms with Crippen LogP contribution >= 0.6 is 0 Å². The highest BCUT2D eigenvalue weighted by Gasteiger charge is 2.22. The number of hydrogen-bond donors (Lipinski definition) is 2. The van der Waals surface area contributed by atoms with E-state index in [-0.39, 0.29) is 51.5 Å². The first-order valence-corrected chi connectivity index (χ1v) is 7.76. The molecule has 0 saturated carbocycles. The van der Waals surface area contributed by atoms with Gasteiger partial charge in [0.1, 0.15) is 48.8 Å². The molecule has 0 atom stereocenters. The van der Waals surface area contributed by atoms with Crippen molar-refractivity contribution in [3.05, 3.63) is 35.1 Å². The summed E-state index contributed by atoms with van der Waals surface area (Å²) in [6.07, 6.45) is -0.423. The Labute approximate surface area is 158 Å². The fourth-order valence-corrected chi connectivity index (χ4v) is 3.04. The van der Waals surface area contributed by atoms with Gasteiger partial charge < -0.3 is 10.1 Å². The van der Waals surface area contributed by atoms with Gasteiger partial charge in [0.15, 0.2) is 0 Å². The number of fused-ring (bicyclic) bond motifs is 1. The first-order chi connectivity index (χ1) is 12.6. The van der Waals surface area contributed by atoms with Crippen LogP contribution in [-0.2, 0) is 11.2 Å². The first-order valence-electron chi connectivity index (χ1n) is 7.76. The van der Waals surface area contributed by atoms with Crippen molar-refractivity contribution in [1.29, 1.82) is 0 Å². The maximum atomic E-state index is 14.2. The lowest BCUT2D eigenvalue weighted by Crippen LogP contribution is -2.46. The Bertz CT molecular complexity index is 1070. The third kappa shape index (κ3) is 3.17. The van der Waals surface area contributed by atoms with E-state index in [1.165, 1.54) is 0 Å². The van der Waals surface area contributed by atoms with Crippen molar-refractivity contribution >= 4 is 70.1 Å². The predicted octanol–water partition coefficient (Wildman–Crippen LogP) is -0.555. The number of carboxylic acids is 1. The number of aliphatic carboxylic acids is 1. The minimum atomic E-state index is -1.12. The molecular weight excluding hydrogens is 350 g/mol. The van der Waals surface area contributed by atoms with Crippen molar-refractivity contribution in [2.45, 2.75) is 12.8 Å². The number of carbonyl (C=O) groups is 1. The molecule has 0 amide bonds. The van der Waals surface area contributed by atoms with Gasteiger partial charge in [-0.05, 0) is 23.6 Å². The van der Waals surface area contributed by atoms with Crippen molar-refractivity contribution in [3.8, 4) is 11.3 Å². The quantitative estimate of drug-likeness (QED) is 0.615. The molecule has 8 radical (unpaired) electrons. The van der Waals surface area contributed by atoms with Gasteiger partial charge in [0.2, 0.25) is 0 Å². The Morgan fingerprint density at radius 1 is 1.00 bits per heavy atom. The van der Waals surface area contributed by atoms with Crippen LogP contribution in [0.1, 0.15) is 12.0 Å². The molecule has 2 N–H and O–H groups in total. The Hall–Kier alpha value is -2.50. The minimum Gasteiger partial charge on any atom is -0.481 e. The molecule has 3 nitrogen and oxygen atoms in total. The Balaban J connectivity index is 2.40. The van der Waals surface area contributed by atoms with Crippen LogP contribution in [0.2, 0.25) is 0 Å². The van der Waals surface area contributed by atoms with E-state index in [1.54, 1.807) is 0 Å². The monoisotopic (exact) mass is 359 g/mol. The number of H-pyrrole nitrogens is 1. The molecule has 0 bridgehead atoms. The number of halogens is 3. The van der Waals surface area contributed by atoms with Crippen LogP contribution in [0.3, 0.4) is 0 Å². The third-order valence-corrected chi connectivity index (χ3v) is 4.36. The van der Waals surface area contributed by atoms with E-state index in [4.69, 9.17) is 36.5 Å². The van der Waals surface area contributed by atoms with Crippen molar-refractivity contribution in [2.24, 2.45) is 0 Å². The first kappa shape index (κ1) is 19.3. The molecule has 27 heavy (non-hydrogen) atoms. The highest BCUT2D eigenvalue weighted by atomic mass is 19.1. The summed E-state index contributed by atoms with van der Waals surface area (Å²) in [5.41, 5.74) is -1.13. The molecule has 2 aromatic carbocycles. The summed E-state index contributed by atoms with van der Waals surface area (Å²) in [5, 5.41) is 9.11. The summed E-state index contributed by atoms with van der Waals surface area (Å²) in [4.78, 5) is 13.7. The molecule has 1 aromatic heterocycles. The number of carboxylic acid groups (broad SMARTS) is 1. The number of aromatic nitrogens is 1. The zero-order chi connectivity index (χ0) is 20.0. The van der Waals surface area contributed by atoms with Crippen LogP contribution in [-0.4, -0.2) is 47.4 Å². The second-order valence-corrected chi connectivity index (χ2v) is 6.03. The zero-order valence-corrected chi connectivity index (χ0v) is 13.9.